The van der Waals surface area contributed by atoms with Crippen LogP contribution in [0, 0.1) is 12.3 Å². The summed E-state index contributed by atoms with van der Waals surface area (Å²) in [5.74, 6) is 2.57. The number of carbonyl (C=O) groups is 1. The molecule has 0 fully saturated rings. The molecule has 2 rings (SSSR count). The van der Waals surface area contributed by atoms with Gasteiger partial charge in [0.15, 0.2) is 0 Å². The Hall–Kier alpha value is -1.70. The Morgan fingerprint density at radius 3 is 2.85 bits per heavy atom. The van der Waals surface area contributed by atoms with E-state index in [1.165, 1.54) is 0 Å². The van der Waals surface area contributed by atoms with Gasteiger partial charge in [0.2, 0.25) is 5.91 Å². The molecule has 106 valence electrons. The molecule has 1 atom stereocenters. The van der Waals surface area contributed by atoms with Crippen LogP contribution in [-0.2, 0) is 4.79 Å². The molecule has 0 saturated carbocycles. The smallest absolute Gasteiger partial charge is 0.246 e. The molecule has 0 radical (unpaired) electrons. The van der Waals surface area contributed by atoms with Crippen LogP contribution in [0.25, 0.3) is 0 Å². The summed E-state index contributed by atoms with van der Waals surface area (Å²) in [4.78, 5) is 13.9. The lowest BCUT2D eigenvalue weighted by molar-refractivity contribution is -0.117. The van der Waals surface area contributed by atoms with Crippen LogP contribution >= 0.6 is 11.6 Å². The number of terminal acetylenes is 1. The number of nitrogens with one attached hydrogen (secondary N) is 2. The third-order valence-electron chi connectivity index (χ3n) is 3.36. The van der Waals surface area contributed by atoms with E-state index < -0.39 is 0 Å². The molecule has 1 amide bonds. The second kappa shape index (κ2) is 6.17. The fraction of sp³-hybridized carbons (Fsp3) is 0.400. The molecule has 1 aromatic rings. The normalized spacial score (nSPS) is 16.5. The minimum absolute atomic E-state index is 0.0462. The standard InChI is InChI=1S/C15H18ClN3O/c1-4-7-19(6-3)13-9-12-10(8-11(13)16)14(17-5-2)15(20)18-12/h1,8-9,14,17H,5-7H2,2-3H3,(H,18,20). The average Bonchev–Trinajstić information content (AvgIpc) is 2.72. The molecular formula is C15H18ClN3O. The van der Waals surface area contributed by atoms with Crippen molar-refractivity contribution >= 4 is 28.9 Å². The summed E-state index contributed by atoms with van der Waals surface area (Å²) in [6, 6.07) is 3.41. The highest BCUT2D eigenvalue weighted by Crippen LogP contribution is 2.38. The molecule has 1 aromatic carbocycles. The number of anilines is 2. The van der Waals surface area contributed by atoms with Crippen LogP contribution in [-0.4, -0.2) is 25.5 Å². The van der Waals surface area contributed by atoms with Crippen molar-refractivity contribution in [2.24, 2.45) is 0 Å². The molecule has 0 spiro atoms. The Morgan fingerprint density at radius 1 is 1.50 bits per heavy atom. The first-order valence-corrected chi connectivity index (χ1v) is 7.06. The summed E-state index contributed by atoms with van der Waals surface area (Å²) in [7, 11) is 0. The maximum Gasteiger partial charge on any atom is 0.246 e. The average molecular weight is 292 g/mol. The molecule has 20 heavy (non-hydrogen) atoms. The van der Waals surface area contributed by atoms with E-state index in [9.17, 15) is 4.79 Å². The van der Waals surface area contributed by atoms with Crippen molar-refractivity contribution in [1.82, 2.24) is 5.32 Å². The van der Waals surface area contributed by atoms with Crippen LogP contribution in [0.15, 0.2) is 12.1 Å². The fourth-order valence-corrected chi connectivity index (χ4v) is 2.69. The van der Waals surface area contributed by atoms with E-state index in [1.54, 1.807) is 0 Å². The van der Waals surface area contributed by atoms with Crippen LogP contribution in [0.3, 0.4) is 0 Å². The number of hydrogen-bond acceptors (Lipinski definition) is 3. The number of hydrogen-bond donors (Lipinski definition) is 2. The summed E-state index contributed by atoms with van der Waals surface area (Å²) < 4.78 is 0. The lowest BCUT2D eigenvalue weighted by Crippen LogP contribution is -2.27. The number of rotatable bonds is 5. The summed E-state index contributed by atoms with van der Waals surface area (Å²) in [6.45, 7) is 5.94. The molecule has 1 aliphatic rings. The number of nitrogens with zero attached hydrogens (tertiary/aromatic N) is 1. The Labute approximate surface area is 124 Å². The van der Waals surface area contributed by atoms with Gasteiger partial charge in [0, 0.05) is 17.8 Å². The van der Waals surface area contributed by atoms with Crippen LogP contribution < -0.4 is 15.5 Å². The van der Waals surface area contributed by atoms with Crippen molar-refractivity contribution in [3.8, 4) is 12.3 Å². The Morgan fingerprint density at radius 2 is 2.25 bits per heavy atom. The molecule has 0 aromatic heterocycles. The zero-order valence-corrected chi connectivity index (χ0v) is 12.4. The molecule has 2 N–H and O–H groups in total. The maximum absolute atomic E-state index is 11.9. The van der Waals surface area contributed by atoms with E-state index in [0.29, 0.717) is 11.6 Å². The van der Waals surface area contributed by atoms with Crippen molar-refractivity contribution in [2.75, 3.05) is 29.9 Å². The van der Waals surface area contributed by atoms with Gasteiger partial charge < -0.3 is 15.5 Å². The molecule has 0 saturated heterocycles. The Balaban J connectivity index is 2.40. The lowest BCUT2D eigenvalue weighted by Gasteiger charge is -2.22. The first-order chi connectivity index (χ1) is 9.62. The second-order valence-corrected chi connectivity index (χ2v) is 5.00. The van der Waals surface area contributed by atoms with E-state index in [-0.39, 0.29) is 11.9 Å². The van der Waals surface area contributed by atoms with Gasteiger partial charge in [-0.15, -0.1) is 6.42 Å². The molecule has 5 heteroatoms. The number of carbonyl (C=O) groups excluding carboxylic acids is 1. The highest BCUT2D eigenvalue weighted by atomic mass is 35.5. The monoisotopic (exact) mass is 291 g/mol. The van der Waals surface area contributed by atoms with Gasteiger partial charge in [0.05, 0.1) is 17.3 Å². The van der Waals surface area contributed by atoms with Gasteiger partial charge in [-0.05, 0) is 25.6 Å². The van der Waals surface area contributed by atoms with E-state index in [2.05, 4.69) is 16.6 Å². The minimum atomic E-state index is -0.329. The van der Waals surface area contributed by atoms with Gasteiger partial charge in [0.1, 0.15) is 6.04 Å². The van der Waals surface area contributed by atoms with Gasteiger partial charge in [-0.1, -0.05) is 24.4 Å². The largest absolute Gasteiger partial charge is 0.359 e. The number of halogens is 1. The Bertz CT molecular complexity index is 565. The molecule has 0 bridgehead atoms. The maximum atomic E-state index is 11.9. The fourth-order valence-electron chi connectivity index (χ4n) is 2.40. The topological polar surface area (TPSA) is 44.4 Å². The van der Waals surface area contributed by atoms with Gasteiger partial charge in [-0.3, -0.25) is 4.79 Å². The van der Waals surface area contributed by atoms with Crippen molar-refractivity contribution in [3.63, 3.8) is 0 Å². The third kappa shape index (κ3) is 2.60. The number of amides is 1. The van der Waals surface area contributed by atoms with Crippen molar-refractivity contribution in [3.05, 3.63) is 22.7 Å². The first kappa shape index (κ1) is 14.7. The predicted octanol–water partition coefficient (Wildman–Crippen LogP) is 2.40. The molecule has 1 aliphatic heterocycles. The summed E-state index contributed by atoms with van der Waals surface area (Å²) in [5, 5.41) is 6.64. The van der Waals surface area contributed by atoms with Crippen LogP contribution in [0.1, 0.15) is 25.5 Å². The summed E-state index contributed by atoms with van der Waals surface area (Å²) >= 11 is 6.35. The highest BCUT2D eigenvalue weighted by Gasteiger charge is 2.31. The van der Waals surface area contributed by atoms with E-state index in [1.807, 2.05) is 30.9 Å². The van der Waals surface area contributed by atoms with Crippen molar-refractivity contribution in [2.45, 2.75) is 19.9 Å². The molecule has 1 heterocycles. The lowest BCUT2D eigenvalue weighted by atomic mass is 10.1. The predicted molar refractivity (Wildman–Crippen MR) is 83.2 cm³/mol. The number of likely N-dealkylation sites (N-methyl/N-ethyl adjacent to an activating group) is 1. The van der Waals surface area contributed by atoms with Crippen molar-refractivity contribution < 1.29 is 4.79 Å². The van der Waals surface area contributed by atoms with E-state index >= 15 is 0 Å². The second-order valence-electron chi connectivity index (χ2n) is 4.59. The number of fused-ring (bicyclic) bond motifs is 1. The molecule has 0 aliphatic carbocycles. The van der Waals surface area contributed by atoms with Gasteiger partial charge in [0.25, 0.3) is 0 Å². The molecule has 1 unspecified atom stereocenters. The summed E-state index contributed by atoms with van der Waals surface area (Å²) in [6.07, 6.45) is 5.37. The van der Waals surface area contributed by atoms with Crippen LogP contribution in [0.5, 0.6) is 0 Å². The van der Waals surface area contributed by atoms with E-state index in [0.717, 1.165) is 30.0 Å². The van der Waals surface area contributed by atoms with Crippen LogP contribution in [0.4, 0.5) is 11.4 Å². The zero-order valence-electron chi connectivity index (χ0n) is 11.7. The zero-order chi connectivity index (χ0) is 14.7. The summed E-state index contributed by atoms with van der Waals surface area (Å²) in [5.41, 5.74) is 2.54. The van der Waals surface area contributed by atoms with Gasteiger partial charge in [-0.2, -0.15) is 0 Å². The third-order valence-corrected chi connectivity index (χ3v) is 3.67. The van der Waals surface area contributed by atoms with Crippen LogP contribution in [0.2, 0.25) is 5.02 Å². The molecule has 4 nitrogen and oxygen atoms in total. The van der Waals surface area contributed by atoms with Gasteiger partial charge >= 0.3 is 0 Å². The SMILES string of the molecule is C#CCN(CC)c1cc2c(cc1Cl)C(NCC)C(=O)N2. The molecular weight excluding hydrogens is 274 g/mol. The minimum Gasteiger partial charge on any atom is -0.359 e. The Kier molecular flexibility index (Phi) is 4.53. The quantitative estimate of drug-likeness (QED) is 0.819. The van der Waals surface area contributed by atoms with E-state index in [4.69, 9.17) is 18.0 Å². The van der Waals surface area contributed by atoms with Gasteiger partial charge in [-0.25, -0.2) is 0 Å². The van der Waals surface area contributed by atoms with Crippen molar-refractivity contribution in [1.29, 1.82) is 0 Å². The number of benzene rings is 1. The first-order valence-electron chi connectivity index (χ1n) is 6.68. The highest BCUT2D eigenvalue weighted by molar-refractivity contribution is 6.33.